The van der Waals surface area contributed by atoms with Crippen LogP contribution in [0.3, 0.4) is 0 Å². The van der Waals surface area contributed by atoms with Gasteiger partial charge < -0.3 is 10.0 Å². The summed E-state index contributed by atoms with van der Waals surface area (Å²) in [7, 11) is 0. The number of carboxylic acids is 1. The molecular weight excluding hydrogens is 214 g/mol. The van der Waals surface area contributed by atoms with Gasteiger partial charge in [-0.2, -0.15) is 0 Å². The molecule has 17 heavy (non-hydrogen) atoms. The van der Waals surface area contributed by atoms with Crippen LogP contribution in [0.4, 0.5) is 0 Å². The largest absolute Gasteiger partial charge is 0.481 e. The lowest BCUT2D eigenvalue weighted by Crippen LogP contribution is -2.38. The van der Waals surface area contributed by atoms with E-state index < -0.39 is 5.97 Å². The van der Waals surface area contributed by atoms with Crippen molar-refractivity contribution in [2.45, 2.75) is 51.4 Å². The van der Waals surface area contributed by atoms with Gasteiger partial charge in [0.1, 0.15) is 0 Å². The smallest absolute Gasteiger partial charge is 0.303 e. The van der Waals surface area contributed by atoms with Crippen LogP contribution >= 0.6 is 0 Å². The highest BCUT2D eigenvalue weighted by molar-refractivity contribution is 5.67. The molecule has 1 N–H and O–H groups in total. The van der Waals surface area contributed by atoms with Crippen molar-refractivity contribution >= 4 is 5.97 Å². The van der Waals surface area contributed by atoms with E-state index in [9.17, 15) is 4.79 Å². The Morgan fingerprint density at radius 1 is 1.00 bits per heavy atom. The van der Waals surface area contributed by atoms with Crippen molar-refractivity contribution in [3.8, 4) is 0 Å². The molecule has 98 valence electrons. The summed E-state index contributed by atoms with van der Waals surface area (Å²) in [4.78, 5) is 13.2. The highest BCUT2D eigenvalue weighted by atomic mass is 16.4. The Labute approximate surface area is 104 Å². The number of rotatable bonds is 4. The molecule has 0 amide bonds. The zero-order valence-corrected chi connectivity index (χ0v) is 10.7. The van der Waals surface area contributed by atoms with Crippen LogP contribution in [-0.2, 0) is 4.79 Å². The maximum Gasteiger partial charge on any atom is 0.303 e. The third-order valence-corrected chi connectivity index (χ3v) is 4.41. The lowest BCUT2D eigenvalue weighted by atomic mass is 9.87. The third kappa shape index (κ3) is 4.30. The van der Waals surface area contributed by atoms with E-state index in [1.165, 1.54) is 38.6 Å². The van der Waals surface area contributed by atoms with Gasteiger partial charge in [-0.25, -0.2) is 0 Å². The lowest BCUT2D eigenvalue weighted by molar-refractivity contribution is -0.138. The zero-order valence-electron chi connectivity index (χ0n) is 10.7. The van der Waals surface area contributed by atoms with E-state index in [-0.39, 0.29) is 0 Å². The number of hydrogen-bond acceptors (Lipinski definition) is 2. The predicted molar refractivity (Wildman–Crippen MR) is 68.0 cm³/mol. The Kier molecular flexibility index (Phi) is 4.84. The predicted octanol–water partition coefficient (Wildman–Crippen LogP) is 2.75. The topological polar surface area (TPSA) is 40.5 Å². The molecule has 0 aromatic rings. The molecular formula is C14H25NO2. The van der Waals surface area contributed by atoms with Gasteiger partial charge in [0.25, 0.3) is 0 Å². The van der Waals surface area contributed by atoms with Gasteiger partial charge >= 0.3 is 5.97 Å². The minimum atomic E-state index is -0.629. The zero-order chi connectivity index (χ0) is 12.1. The van der Waals surface area contributed by atoms with Gasteiger partial charge in [0, 0.05) is 13.0 Å². The standard InChI is InChI=1S/C14H25NO2/c16-14(17)10-12-6-8-15(9-7-12)11-13-4-2-1-3-5-13/h12-13H,1-11H2,(H,16,17). The van der Waals surface area contributed by atoms with Crippen molar-refractivity contribution < 1.29 is 9.90 Å². The Hall–Kier alpha value is -0.570. The summed E-state index contributed by atoms with van der Waals surface area (Å²) in [5.41, 5.74) is 0. The van der Waals surface area contributed by atoms with Crippen LogP contribution in [0.5, 0.6) is 0 Å². The molecule has 1 saturated heterocycles. The number of aliphatic carboxylic acids is 1. The van der Waals surface area contributed by atoms with Crippen molar-refractivity contribution in [3.05, 3.63) is 0 Å². The molecule has 2 rings (SSSR count). The molecule has 0 unspecified atom stereocenters. The van der Waals surface area contributed by atoms with Gasteiger partial charge in [0.2, 0.25) is 0 Å². The Morgan fingerprint density at radius 2 is 1.65 bits per heavy atom. The molecule has 1 saturated carbocycles. The number of nitrogens with zero attached hydrogens (tertiary/aromatic N) is 1. The van der Waals surface area contributed by atoms with E-state index in [1.807, 2.05) is 0 Å². The van der Waals surface area contributed by atoms with E-state index in [0.29, 0.717) is 12.3 Å². The van der Waals surface area contributed by atoms with Crippen LogP contribution in [0, 0.1) is 11.8 Å². The van der Waals surface area contributed by atoms with Crippen molar-refractivity contribution in [2.24, 2.45) is 11.8 Å². The first-order valence-corrected chi connectivity index (χ1v) is 7.18. The van der Waals surface area contributed by atoms with E-state index >= 15 is 0 Å². The molecule has 0 bridgehead atoms. The monoisotopic (exact) mass is 239 g/mol. The molecule has 3 nitrogen and oxygen atoms in total. The Morgan fingerprint density at radius 3 is 2.24 bits per heavy atom. The van der Waals surface area contributed by atoms with Crippen LogP contribution < -0.4 is 0 Å². The Bertz CT molecular complexity index is 241. The van der Waals surface area contributed by atoms with Crippen molar-refractivity contribution in [1.29, 1.82) is 0 Å². The summed E-state index contributed by atoms with van der Waals surface area (Å²) < 4.78 is 0. The summed E-state index contributed by atoms with van der Waals surface area (Å²) in [6.45, 7) is 3.50. The fourth-order valence-corrected chi connectivity index (χ4v) is 3.35. The summed E-state index contributed by atoms with van der Waals surface area (Å²) in [6, 6.07) is 0. The van der Waals surface area contributed by atoms with Gasteiger partial charge in [-0.3, -0.25) is 4.79 Å². The van der Waals surface area contributed by atoms with E-state index in [1.54, 1.807) is 0 Å². The maximum absolute atomic E-state index is 10.7. The van der Waals surface area contributed by atoms with E-state index in [2.05, 4.69) is 4.90 Å². The summed E-state index contributed by atoms with van der Waals surface area (Å²) >= 11 is 0. The first-order chi connectivity index (χ1) is 8.24. The molecule has 0 radical (unpaired) electrons. The quantitative estimate of drug-likeness (QED) is 0.820. The third-order valence-electron chi connectivity index (χ3n) is 4.41. The average Bonchev–Trinajstić information content (AvgIpc) is 2.32. The average molecular weight is 239 g/mol. The molecule has 2 fully saturated rings. The molecule has 0 atom stereocenters. The van der Waals surface area contributed by atoms with E-state index in [0.717, 1.165) is 31.8 Å². The van der Waals surface area contributed by atoms with Crippen molar-refractivity contribution in [1.82, 2.24) is 4.90 Å². The van der Waals surface area contributed by atoms with Gasteiger partial charge in [-0.1, -0.05) is 19.3 Å². The van der Waals surface area contributed by atoms with E-state index in [4.69, 9.17) is 5.11 Å². The van der Waals surface area contributed by atoms with Crippen LogP contribution in [-0.4, -0.2) is 35.6 Å². The minimum Gasteiger partial charge on any atom is -0.481 e. The number of hydrogen-bond donors (Lipinski definition) is 1. The molecule has 1 heterocycles. The fourth-order valence-electron chi connectivity index (χ4n) is 3.35. The molecule has 0 aromatic carbocycles. The first kappa shape index (κ1) is 12.9. The molecule has 1 aliphatic heterocycles. The maximum atomic E-state index is 10.7. The van der Waals surface area contributed by atoms with Gasteiger partial charge in [-0.15, -0.1) is 0 Å². The molecule has 0 aromatic heterocycles. The first-order valence-electron chi connectivity index (χ1n) is 7.18. The van der Waals surface area contributed by atoms with Crippen LogP contribution in [0.1, 0.15) is 51.4 Å². The van der Waals surface area contributed by atoms with Crippen LogP contribution in [0.15, 0.2) is 0 Å². The Balaban J connectivity index is 1.66. The van der Waals surface area contributed by atoms with Crippen LogP contribution in [0.2, 0.25) is 0 Å². The van der Waals surface area contributed by atoms with Gasteiger partial charge in [0.15, 0.2) is 0 Å². The number of piperidine rings is 1. The van der Waals surface area contributed by atoms with Gasteiger partial charge in [0.05, 0.1) is 0 Å². The number of carboxylic acid groups (broad SMARTS) is 1. The SMILES string of the molecule is O=C(O)CC1CCN(CC2CCCCC2)CC1. The van der Waals surface area contributed by atoms with Crippen molar-refractivity contribution in [3.63, 3.8) is 0 Å². The molecule has 3 heteroatoms. The highest BCUT2D eigenvalue weighted by Crippen LogP contribution is 2.27. The number of carbonyl (C=O) groups is 1. The normalized spacial score (nSPS) is 24.9. The minimum absolute atomic E-state index is 0.372. The lowest BCUT2D eigenvalue weighted by Gasteiger charge is -2.35. The summed E-state index contributed by atoms with van der Waals surface area (Å²) in [6.07, 6.45) is 9.62. The fraction of sp³-hybridized carbons (Fsp3) is 0.929. The molecule has 0 spiro atoms. The summed E-state index contributed by atoms with van der Waals surface area (Å²) in [5.74, 6) is 0.714. The molecule has 2 aliphatic rings. The second-order valence-corrected chi connectivity index (χ2v) is 5.85. The molecule has 1 aliphatic carbocycles. The van der Waals surface area contributed by atoms with Crippen LogP contribution in [0.25, 0.3) is 0 Å². The number of likely N-dealkylation sites (tertiary alicyclic amines) is 1. The van der Waals surface area contributed by atoms with Gasteiger partial charge in [-0.05, 0) is 50.6 Å². The highest BCUT2D eigenvalue weighted by Gasteiger charge is 2.23. The second kappa shape index (κ2) is 6.39. The van der Waals surface area contributed by atoms with Crippen molar-refractivity contribution in [2.75, 3.05) is 19.6 Å². The summed E-state index contributed by atoms with van der Waals surface area (Å²) in [5, 5.41) is 8.78. The second-order valence-electron chi connectivity index (χ2n) is 5.85.